The van der Waals surface area contributed by atoms with E-state index in [0.29, 0.717) is 22.2 Å². The van der Waals surface area contributed by atoms with Crippen LogP contribution in [0.25, 0.3) is 0 Å². The van der Waals surface area contributed by atoms with Crippen LogP contribution in [-0.2, 0) is 0 Å². The summed E-state index contributed by atoms with van der Waals surface area (Å²) in [5.74, 6) is 0.689. The molecule has 1 aliphatic carbocycles. The van der Waals surface area contributed by atoms with E-state index < -0.39 is 0 Å². The Hall–Kier alpha value is -1.49. The van der Waals surface area contributed by atoms with Crippen LogP contribution in [0.5, 0.6) is 0 Å². The van der Waals surface area contributed by atoms with Gasteiger partial charge in [-0.15, -0.1) is 0 Å². The lowest BCUT2D eigenvalue weighted by Crippen LogP contribution is -2.34. The Morgan fingerprint density at radius 3 is 2.74 bits per heavy atom. The molecule has 2 rings (SSSR count). The molecule has 1 heterocycles. The smallest absolute Gasteiger partial charge is 0.272 e. The zero-order chi connectivity index (χ0) is 13.8. The summed E-state index contributed by atoms with van der Waals surface area (Å²) < 4.78 is 0. The SMILES string of the molecule is CCCN(CC1CC1)C(=O)c1ccc(C(N)=S)cn1. The van der Waals surface area contributed by atoms with E-state index >= 15 is 0 Å². The third kappa shape index (κ3) is 3.73. The maximum absolute atomic E-state index is 12.4. The average molecular weight is 277 g/mol. The van der Waals surface area contributed by atoms with E-state index in [0.717, 1.165) is 19.5 Å². The summed E-state index contributed by atoms with van der Waals surface area (Å²) in [5, 5.41) is 0. The Kier molecular flexibility index (Phi) is 4.47. The Balaban J connectivity index is 2.08. The molecule has 19 heavy (non-hydrogen) atoms. The second-order valence-corrected chi connectivity index (χ2v) is 5.43. The van der Waals surface area contributed by atoms with Crippen LogP contribution in [0.2, 0.25) is 0 Å². The number of nitrogens with two attached hydrogens (primary N) is 1. The van der Waals surface area contributed by atoms with E-state index in [4.69, 9.17) is 18.0 Å². The maximum atomic E-state index is 12.4. The topological polar surface area (TPSA) is 59.2 Å². The molecule has 1 aromatic rings. The first kappa shape index (κ1) is 13.9. The zero-order valence-corrected chi connectivity index (χ0v) is 11.9. The van der Waals surface area contributed by atoms with Crippen molar-refractivity contribution < 1.29 is 4.79 Å². The molecule has 102 valence electrons. The standard InChI is InChI=1S/C14H19N3OS/c1-2-7-17(9-10-3-4-10)14(18)12-6-5-11(8-16-12)13(15)19/h5-6,8,10H,2-4,7,9H2,1H3,(H2,15,19). The summed E-state index contributed by atoms with van der Waals surface area (Å²) in [6, 6.07) is 3.45. The second-order valence-electron chi connectivity index (χ2n) is 4.99. The van der Waals surface area contributed by atoms with Gasteiger partial charge in [-0.05, 0) is 37.3 Å². The van der Waals surface area contributed by atoms with Crippen LogP contribution in [0.4, 0.5) is 0 Å². The van der Waals surface area contributed by atoms with E-state index in [1.54, 1.807) is 18.3 Å². The predicted molar refractivity (Wildman–Crippen MR) is 79.0 cm³/mol. The summed E-state index contributed by atoms with van der Waals surface area (Å²) in [6.07, 6.45) is 5.00. The minimum Gasteiger partial charge on any atom is -0.389 e. The molecule has 0 unspecified atom stereocenters. The highest BCUT2D eigenvalue weighted by Crippen LogP contribution is 2.30. The molecular weight excluding hydrogens is 258 g/mol. The fraction of sp³-hybridized carbons (Fsp3) is 0.500. The van der Waals surface area contributed by atoms with E-state index in [2.05, 4.69) is 11.9 Å². The van der Waals surface area contributed by atoms with Crippen molar-refractivity contribution in [2.75, 3.05) is 13.1 Å². The third-order valence-corrected chi connectivity index (χ3v) is 3.46. The molecule has 5 heteroatoms. The summed E-state index contributed by atoms with van der Waals surface area (Å²) in [4.78, 5) is 18.8. The van der Waals surface area contributed by atoms with Crippen LogP contribution in [0.1, 0.15) is 42.2 Å². The lowest BCUT2D eigenvalue weighted by Gasteiger charge is -2.21. The molecule has 0 aliphatic heterocycles. The molecule has 1 saturated carbocycles. The van der Waals surface area contributed by atoms with E-state index in [9.17, 15) is 4.79 Å². The van der Waals surface area contributed by atoms with Gasteiger partial charge in [0.05, 0.1) is 0 Å². The molecule has 1 amide bonds. The van der Waals surface area contributed by atoms with Gasteiger partial charge >= 0.3 is 0 Å². The fourth-order valence-electron chi connectivity index (χ4n) is 1.99. The molecule has 1 aromatic heterocycles. The Morgan fingerprint density at radius 1 is 1.53 bits per heavy atom. The maximum Gasteiger partial charge on any atom is 0.272 e. The van der Waals surface area contributed by atoms with E-state index in [1.165, 1.54) is 12.8 Å². The highest BCUT2D eigenvalue weighted by atomic mass is 32.1. The van der Waals surface area contributed by atoms with Crippen molar-refractivity contribution in [2.24, 2.45) is 11.7 Å². The molecule has 2 N–H and O–H groups in total. The first-order valence-corrected chi connectivity index (χ1v) is 7.07. The Morgan fingerprint density at radius 2 is 2.26 bits per heavy atom. The number of carbonyl (C=O) groups excluding carboxylic acids is 1. The van der Waals surface area contributed by atoms with Gasteiger partial charge in [0, 0.05) is 24.8 Å². The second kappa shape index (κ2) is 6.10. The molecule has 0 saturated heterocycles. The van der Waals surface area contributed by atoms with Crippen LogP contribution in [0, 0.1) is 5.92 Å². The van der Waals surface area contributed by atoms with Gasteiger partial charge in [0.2, 0.25) is 0 Å². The lowest BCUT2D eigenvalue weighted by atomic mass is 10.2. The van der Waals surface area contributed by atoms with Crippen molar-refractivity contribution in [3.05, 3.63) is 29.6 Å². The summed E-state index contributed by atoms with van der Waals surface area (Å²) >= 11 is 4.87. The highest BCUT2D eigenvalue weighted by Gasteiger charge is 2.27. The fourth-order valence-corrected chi connectivity index (χ4v) is 2.11. The van der Waals surface area contributed by atoms with Gasteiger partial charge in [-0.3, -0.25) is 9.78 Å². The minimum absolute atomic E-state index is 0.00300. The largest absolute Gasteiger partial charge is 0.389 e. The third-order valence-electron chi connectivity index (χ3n) is 3.22. The van der Waals surface area contributed by atoms with E-state index in [-0.39, 0.29) is 5.91 Å². The molecule has 0 atom stereocenters. The van der Waals surface area contributed by atoms with Crippen molar-refractivity contribution in [1.29, 1.82) is 0 Å². The number of pyridine rings is 1. The number of nitrogens with zero attached hydrogens (tertiary/aromatic N) is 2. The van der Waals surface area contributed by atoms with Crippen molar-refractivity contribution in [2.45, 2.75) is 26.2 Å². The Labute approximate surface area is 119 Å². The number of rotatable bonds is 6. The van der Waals surface area contributed by atoms with Gasteiger partial charge in [-0.25, -0.2) is 0 Å². The first-order valence-electron chi connectivity index (χ1n) is 6.67. The number of aromatic nitrogens is 1. The molecule has 0 radical (unpaired) electrons. The van der Waals surface area contributed by atoms with Gasteiger partial charge in [-0.2, -0.15) is 0 Å². The molecule has 1 fully saturated rings. The highest BCUT2D eigenvalue weighted by molar-refractivity contribution is 7.80. The van der Waals surface area contributed by atoms with Gasteiger partial charge in [0.1, 0.15) is 10.7 Å². The van der Waals surface area contributed by atoms with Gasteiger partial charge < -0.3 is 10.6 Å². The predicted octanol–water partition coefficient (Wildman–Crippen LogP) is 1.98. The summed E-state index contributed by atoms with van der Waals surface area (Å²) in [7, 11) is 0. The molecule has 0 spiro atoms. The van der Waals surface area contributed by atoms with Crippen LogP contribution in [-0.4, -0.2) is 33.9 Å². The first-order chi connectivity index (χ1) is 9.11. The van der Waals surface area contributed by atoms with Crippen molar-refractivity contribution in [3.63, 3.8) is 0 Å². The number of thiocarbonyl (C=S) groups is 1. The minimum atomic E-state index is 0.00300. The normalized spacial score (nSPS) is 14.2. The average Bonchev–Trinajstić information content (AvgIpc) is 3.21. The number of amides is 1. The van der Waals surface area contributed by atoms with E-state index in [1.807, 2.05) is 4.90 Å². The number of hydrogen-bond donors (Lipinski definition) is 1. The summed E-state index contributed by atoms with van der Waals surface area (Å²) in [6.45, 7) is 3.72. The molecule has 4 nitrogen and oxygen atoms in total. The zero-order valence-electron chi connectivity index (χ0n) is 11.1. The molecule has 0 aromatic carbocycles. The lowest BCUT2D eigenvalue weighted by molar-refractivity contribution is 0.0742. The van der Waals surface area contributed by atoms with Gasteiger partial charge in [0.15, 0.2) is 0 Å². The van der Waals surface area contributed by atoms with Crippen LogP contribution >= 0.6 is 12.2 Å². The van der Waals surface area contributed by atoms with Crippen LogP contribution in [0.3, 0.4) is 0 Å². The van der Waals surface area contributed by atoms with Crippen LogP contribution in [0.15, 0.2) is 18.3 Å². The van der Waals surface area contributed by atoms with Crippen LogP contribution < -0.4 is 5.73 Å². The number of hydrogen-bond acceptors (Lipinski definition) is 3. The van der Waals surface area contributed by atoms with Gasteiger partial charge in [-0.1, -0.05) is 19.1 Å². The molecular formula is C14H19N3OS. The van der Waals surface area contributed by atoms with Gasteiger partial charge in [0.25, 0.3) is 5.91 Å². The number of carbonyl (C=O) groups is 1. The monoisotopic (exact) mass is 277 g/mol. The molecule has 0 bridgehead atoms. The van der Waals surface area contributed by atoms with Crippen molar-refractivity contribution in [1.82, 2.24) is 9.88 Å². The van der Waals surface area contributed by atoms with Crippen molar-refractivity contribution >= 4 is 23.1 Å². The summed E-state index contributed by atoms with van der Waals surface area (Å²) in [5.41, 5.74) is 6.67. The van der Waals surface area contributed by atoms with Crippen molar-refractivity contribution in [3.8, 4) is 0 Å². The Bertz CT molecular complexity index is 468. The molecule has 1 aliphatic rings. The quantitative estimate of drug-likeness (QED) is 0.808.